The van der Waals surface area contributed by atoms with Gasteiger partial charge >= 0.3 is 0 Å². The number of fused-ring (bicyclic) bond motifs is 1. The second kappa shape index (κ2) is 6.36. The van der Waals surface area contributed by atoms with Crippen molar-refractivity contribution in [2.45, 2.75) is 45.1 Å². The van der Waals surface area contributed by atoms with Crippen LogP contribution >= 0.6 is 11.3 Å². The first kappa shape index (κ1) is 15.3. The third-order valence-electron chi connectivity index (χ3n) is 4.45. The molecule has 124 valence electrons. The number of thiazole rings is 1. The van der Waals surface area contributed by atoms with E-state index in [0.717, 1.165) is 18.0 Å². The molecule has 0 fully saturated rings. The van der Waals surface area contributed by atoms with E-state index in [2.05, 4.69) is 22.6 Å². The summed E-state index contributed by atoms with van der Waals surface area (Å²) < 4.78 is 0. The van der Waals surface area contributed by atoms with Crippen molar-refractivity contribution >= 4 is 28.2 Å². The average Bonchev–Trinajstić information content (AvgIpc) is 3.18. The molecule has 1 aliphatic carbocycles. The largest absolute Gasteiger partial charge is 0.313 e. The van der Waals surface area contributed by atoms with Gasteiger partial charge in [0.25, 0.3) is 0 Å². The quantitative estimate of drug-likeness (QED) is 0.911. The first-order valence-electron chi connectivity index (χ1n) is 8.38. The smallest absolute Gasteiger partial charge is 0.222 e. The number of hydrogen-bond acceptors (Lipinski definition) is 5. The fourth-order valence-corrected chi connectivity index (χ4v) is 4.49. The molecule has 0 saturated carbocycles. The summed E-state index contributed by atoms with van der Waals surface area (Å²) >= 11 is 1.75. The van der Waals surface area contributed by atoms with E-state index >= 15 is 0 Å². The van der Waals surface area contributed by atoms with E-state index in [-0.39, 0.29) is 11.9 Å². The Morgan fingerprint density at radius 1 is 1.25 bits per heavy atom. The summed E-state index contributed by atoms with van der Waals surface area (Å²) in [5.41, 5.74) is 2.42. The number of carbonyl (C=O) groups is 1. The van der Waals surface area contributed by atoms with E-state index in [1.54, 1.807) is 11.3 Å². The minimum atomic E-state index is -0.0826. The molecule has 1 aromatic carbocycles. The maximum absolute atomic E-state index is 11.4. The number of amides is 1. The Labute approximate surface area is 145 Å². The van der Waals surface area contributed by atoms with Crippen molar-refractivity contribution in [1.29, 1.82) is 0 Å². The maximum Gasteiger partial charge on any atom is 0.222 e. The van der Waals surface area contributed by atoms with Crippen LogP contribution in [0.3, 0.4) is 0 Å². The van der Waals surface area contributed by atoms with Gasteiger partial charge in [-0.25, -0.2) is 9.99 Å². The van der Waals surface area contributed by atoms with E-state index < -0.39 is 0 Å². The van der Waals surface area contributed by atoms with Crippen LogP contribution in [0, 0.1) is 0 Å². The number of aromatic nitrogens is 1. The zero-order chi connectivity index (χ0) is 16.5. The number of carbonyl (C=O) groups excluding carboxylic acids is 1. The molecule has 1 atom stereocenters. The van der Waals surface area contributed by atoms with Crippen LogP contribution in [0.4, 0.5) is 5.13 Å². The minimum absolute atomic E-state index is 0.0826. The average molecular weight is 340 g/mol. The van der Waals surface area contributed by atoms with Crippen molar-refractivity contribution in [3.63, 3.8) is 0 Å². The van der Waals surface area contributed by atoms with Gasteiger partial charge in [-0.15, -0.1) is 0 Å². The number of hydrogen-bond donors (Lipinski definition) is 1. The van der Waals surface area contributed by atoms with Gasteiger partial charge in [0, 0.05) is 18.2 Å². The fourth-order valence-electron chi connectivity index (χ4n) is 3.34. The van der Waals surface area contributed by atoms with Crippen LogP contribution in [0.2, 0.25) is 0 Å². The van der Waals surface area contributed by atoms with Crippen molar-refractivity contribution in [3.05, 3.63) is 46.5 Å². The topological polar surface area (TPSA) is 57.6 Å². The Morgan fingerprint density at radius 2 is 2.04 bits per heavy atom. The molecular formula is C18H20N4OS. The lowest BCUT2D eigenvalue weighted by Gasteiger charge is -2.20. The molecule has 4 rings (SSSR count). The highest BCUT2D eigenvalue weighted by Crippen LogP contribution is 2.39. The molecule has 0 spiro atoms. The summed E-state index contributed by atoms with van der Waals surface area (Å²) in [5, 5.41) is 10.4. The van der Waals surface area contributed by atoms with E-state index in [1.807, 2.05) is 23.2 Å². The third-order valence-corrected chi connectivity index (χ3v) is 5.59. The van der Waals surface area contributed by atoms with Gasteiger partial charge in [0.15, 0.2) is 0 Å². The molecule has 0 bridgehead atoms. The number of benzene rings is 1. The fraction of sp³-hybridized carbons (Fsp3) is 0.389. The first-order chi connectivity index (χ1) is 11.7. The maximum atomic E-state index is 11.4. The monoisotopic (exact) mass is 340 g/mol. The number of hydrazone groups is 1. The molecule has 0 radical (unpaired) electrons. The SMILES string of the molecule is CC(=O)NC1=NN(c2nc3c(s2)CCCC3)C(c2ccccc2)C1. The summed E-state index contributed by atoms with van der Waals surface area (Å²) in [7, 11) is 0. The zero-order valence-corrected chi connectivity index (χ0v) is 14.5. The van der Waals surface area contributed by atoms with Crippen LogP contribution in [-0.4, -0.2) is 16.7 Å². The Hall–Kier alpha value is -2.21. The van der Waals surface area contributed by atoms with E-state index in [9.17, 15) is 4.79 Å². The summed E-state index contributed by atoms with van der Waals surface area (Å²) in [6.45, 7) is 1.52. The van der Waals surface area contributed by atoms with E-state index in [4.69, 9.17) is 4.98 Å². The van der Waals surface area contributed by atoms with Crippen molar-refractivity contribution in [1.82, 2.24) is 10.3 Å². The highest BCUT2D eigenvalue weighted by Gasteiger charge is 2.32. The predicted octanol–water partition coefficient (Wildman–Crippen LogP) is 3.42. The van der Waals surface area contributed by atoms with Crippen molar-refractivity contribution in [2.75, 3.05) is 5.01 Å². The van der Waals surface area contributed by atoms with Crippen molar-refractivity contribution in [3.8, 4) is 0 Å². The van der Waals surface area contributed by atoms with Gasteiger partial charge in [-0.3, -0.25) is 4.79 Å². The lowest BCUT2D eigenvalue weighted by Crippen LogP contribution is -2.26. The Bertz CT molecular complexity index is 760. The molecule has 5 nitrogen and oxygen atoms in total. The van der Waals surface area contributed by atoms with Gasteiger partial charge in [0.2, 0.25) is 11.0 Å². The Morgan fingerprint density at radius 3 is 2.79 bits per heavy atom. The standard InChI is InChI=1S/C18H20N4OS/c1-12(23)19-17-11-15(13-7-3-2-4-8-13)22(21-17)18-20-14-9-5-6-10-16(14)24-18/h2-4,7-8,15H,5-6,9-11H2,1H3,(H,19,21,23). The summed E-state index contributed by atoms with van der Waals surface area (Å²) in [5.74, 6) is 0.630. The second-order valence-corrected chi connectivity index (χ2v) is 7.34. The minimum Gasteiger partial charge on any atom is -0.313 e. The van der Waals surface area contributed by atoms with Crippen LogP contribution < -0.4 is 10.3 Å². The van der Waals surface area contributed by atoms with E-state index in [1.165, 1.54) is 35.9 Å². The third kappa shape index (κ3) is 2.94. The van der Waals surface area contributed by atoms with Crippen molar-refractivity contribution in [2.24, 2.45) is 5.10 Å². The van der Waals surface area contributed by atoms with Crippen LogP contribution in [0.5, 0.6) is 0 Å². The normalized spacial score (nSPS) is 19.8. The molecule has 2 aliphatic rings. The molecule has 2 heterocycles. The molecule has 2 aromatic rings. The van der Waals surface area contributed by atoms with Crippen molar-refractivity contribution < 1.29 is 4.79 Å². The molecule has 24 heavy (non-hydrogen) atoms. The lowest BCUT2D eigenvalue weighted by molar-refractivity contribution is -0.117. The Balaban J connectivity index is 1.69. The highest BCUT2D eigenvalue weighted by molar-refractivity contribution is 7.15. The summed E-state index contributed by atoms with van der Waals surface area (Å²) in [6, 6.07) is 10.4. The van der Waals surface area contributed by atoms with E-state index in [0.29, 0.717) is 12.3 Å². The number of nitrogens with one attached hydrogen (secondary N) is 1. The number of anilines is 1. The van der Waals surface area contributed by atoms with Crippen LogP contribution in [-0.2, 0) is 17.6 Å². The summed E-state index contributed by atoms with van der Waals surface area (Å²) in [4.78, 5) is 17.7. The van der Waals surface area contributed by atoms with Gasteiger partial charge in [-0.1, -0.05) is 41.7 Å². The van der Waals surface area contributed by atoms with Gasteiger partial charge < -0.3 is 5.32 Å². The number of rotatable bonds is 2. The molecule has 1 amide bonds. The molecule has 1 aromatic heterocycles. The highest BCUT2D eigenvalue weighted by atomic mass is 32.1. The van der Waals surface area contributed by atoms with Crippen LogP contribution in [0.1, 0.15) is 48.4 Å². The van der Waals surface area contributed by atoms with Crippen LogP contribution in [0.25, 0.3) is 0 Å². The Kier molecular flexibility index (Phi) is 4.06. The number of aryl methyl sites for hydroxylation is 2. The molecular weight excluding hydrogens is 320 g/mol. The zero-order valence-electron chi connectivity index (χ0n) is 13.7. The van der Waals surface area contributed by atoms with Gasteiger partial charge in [0.1, 0.15) is 5.84 Å². The molecule has 0 saturated heterocycles. The number of amidine groups is 1. The lowest BCUT2D eigenvalue weighted by atomic mass is 10.0. The van der Waals surface area contributed by atoms with Gasteiger partial charge in [0.05, 0.1) is 11.7 Å². The molecule has 1 N–H and O–H groups in total. The molecule has 1 unspecified atom stereocenters. The van der Waals surface area contributed by atoms with Gasteiger partial charge in [-0.05, 0) is 31.2 Å². The molecule has 1 aliphatic heterocycles. The van der Waals surface area contributed by atoms with Gasteiger partial charge in [-0.2, -0.15) is 5.10 Å². The summed E-state index contributed by atoms with van der Waals surface area (Å²) in [6.07, 6.45) is 5.35. The number of nitrogens with zero attached hydrogens (tertiary/aromatic N) is 3. The second-order valence-electron chi connectivity index (χ2n) is 6.28. The molecule has 6 heteroatoms. The predicted molar refractivity (Wildman–Crippen MR) is 96.3 cm³/mol. The first-order valence-corrected chi connectivity index (χ1v) is 9.20. The van der Waals surface area contributed by atoms with Crippen LogP contribution in [0.15, 0.2) is 35.4 Å².